The predicted molar refractivity (Wildman–Crippen MR) is 52.5 cm³/mol. The molecular formula is C10H18N2O. The first-order valence-electron chi connectivity index (χ1n) is 4.50. The fourth-order valence-electron chi connectivity index (χ4n) is 1.02. The van der Waals surface area contributed by atoms with Gasteiger partial charge in [0.15, 0.2) is 0 Å². The smallest absolute Gasteiger partial charge is 0.111 e. The van der Waals surface area contributed by atoms with Gasteiger partial charge >= 0.3 is 0 Å². The van der Waals surface area contributed by atoms with E-state index in [1.165, 1.54) is 0 Å². The summed E-state index contributed by atoms with van der Waals surface area (Å²) in [4.78, 5) is 7.43. The Balaban J connectivity index is 3.01. The molecule has 0 radical (unpaired) electrons. The van der Waals surface area contributed by atoms with Gasteiger partial charge in [-0.25, -0.2) is 4.98 Å². The van der Waals surface area contributed by atoms with Crippen molar-refractivity contribution >= 4 is 0 Å². The predicted octanol–water partition coefficient (Wildman–Crippen LogP) is 1.93. The third-order valence-electron chi connectivity index (χ3n) is 1.92. The van der Waals surface area contributed by atoms with Crippen LogP contribution in [-0.4, -0.2) is 15.1 Å². The van der Waals surface area contributed by atoms with E-state index in [0.717, 1.165) is 5.82 Å². The summed E-state index contributed by atoms with van der Waals surface area (Å²) >= 11 is 0. The lowest BCUT2D eigenvalue weighted by Crippen LogP contribution is -2.18. The average Bonchev–Trinajstić information content (AvgIpc) is 2.28. The number of H-pyrrole nitrogens is 1. The van der Waals surface area contributed by atoms with Gasteiger partial charge in [0, 0.05) is 11.6 Å². The summed E-state index contributed by atoms with van der Waals surface area (Å²) in [5.41, 5.74) is -0.166. The molecular weight excluding hydrogens is 164 g/mol. The minimum absolute atomic E-state index is 0.00347. The topological polar surface area (TPSA) is 48.9 Å². The molecule has 13 heavy (non-hydrogen) atoms. The molecule has 0 aliphatic carbocycles. The molecule has 0 saturated heterocycles. The molecule has 3 nitrogen and oxygen atoms in total. The molecule has 74 valence electrons. The second kappa shape index (κ2) is 2.84. The van der Waals surface area contributed by atoms with Crippen LogP contribution in [0.15, 0.2) is 6.20 Å². The van der Waals surface area contributed by atoms with Crippen molar-refractivity contribution in [2.75, 3.05) is 0 Å². The van der Waals surface area contributed by atoms with Gasteiger partial charge in [0.1, 0.15) is 11.4 Å². The summed E-state index contributed by atoms with van der Waals surface area (Å²) in [7, 11) is 0. The number of imidazole rings is 1. The summed E-state index contributed by atoms with van der Waals surface area (Å²) in [6.45, 7) is 9.71. The van der Waals surface area contributed by atoms with E-state index in [-0.39, 0.29) is 5.41 Å². The third-order valence-corrected chi connectivity index (χ3v) is 1.92. The minimum atomic E-state index is -0.861. The number of aromatic nitrogens is 2. The van der Waals surface area contributed by atoms with Gasteiger partial charge in [-0.15, -0.1) is 0 Å². The molecule has 0 aliphatic rings. The molecule has 2 N–H and O–H groups in total. The van der Waals surface area contributed by atoms with Crippen molar-refractivity contribution in [3.8, 4) is 0 Å². The van der Waals surface area contributed by atoms with Crippen molar-refractivity contribution in [3.63, 3.8) is 0 Å². The molecule has 0 spiro atoms. The molecule has 0 aromatic carbocycles. The number of hydrogen-bond acceptors (Lipinski definition) is 2. The Hall–Kier alpha value is -0.830. The Kier molecular flexibility index (Phi) is 2.24. The minimum Gasteiger partial charge on any atom is -0.384 e. The van der Waals surface area contributed by atoms with Gasteiger partial charge in [-0.05, 0) is 13.8 Å². The fourth-order valence-corrected chi connectivity index (χ4v) is 1.02. The second-order valence-corrected chi connectivity index (χ2v) is 4.94. The van der Waals surface area contributed by atoms with Crippen LogP contribution in [0.2, 0.25) is 0 Å². The van der Waals surface area contributed by atoms with Crippen molar-refractivity contribution in [2.24, 2.45) is 0 Å². The van der Waals surface area contributed by atoms with Gasteiger partial charge in [-0.1, -0.05) is 20.8 Å². The lowest BCUT2D eigenvalue weighted by Gasteiger charge is -2.16. The third kappa shape index (κ3) is 2.31. The van der Waals surface area contributed by atoms with Crippen molar-refractivity contribution in [2.45, 2.75) is 45.6 Å². The van der Waals surface area contributed by atoms with Crippen molar-refractivity contribution in [1.82, 2.24) is 9.97 Å². The Morgan fingerprint density at radius 2 is 1.77 bits per heavy atom. The van der Waals surface area contributed by atoms with Crippen molar-refractivity contribution < 1.29 is 5.11 Å². The first-order chi connectivity index (χ1) is 5.71. The number of hydrogen-bond donors (Lipinski definition) is 2. The molecule has 3 heteroatoms. The summed E-state index contributed by atoms with van der Waals surface area (Å²) in [6.07, 6.45) is 1.76. The van der Waals surface area contributed by atoms with Crippen molar-refractivity contribution in [3.05, 3.63) is 17.7 Å². The first kappa shape index (κ1) is 10.3. The molecule has 1 heterocycles. The molecule has 0 unspecified atom stereocenters. The van der Waals surface area contributed by atoms with Crippen LogP contribution < -0.4 is 0 Å². The van der Waals surface area contributed by atoms with E-state index in [0.29, 0.717) is 5.69 Å². The van der Waals surface area contributed by atoms with Gasteiger partial charge in [0.05, 0.1) is 5.69 Å². The molecule has 0 amide bonds. The standard InChI is InChI=1S/C10H18N2O/c1-9(2,3)8-11-6-7(12-8)10(4,5)13/h6,13H,1-5H3,(H,11,12). The van der Waals surface area contributed by atoms with Crippen LogP contribution in [-0.2, 0) is 11.0 Å². The van der Waals surface area contributed by atoms with E-state index < -0.39 is 5.60 Å². The SMILES string of the molecule is CC(C)(C)c1nc(C(C)(C)O)c[nH]1. The Morgan fingerprint density at radius 3 is 2.00 bits per heavy atom. The summed E-state index contributed by atoms with van der Waals surface area (Å²) in [5.74, 6) is 0.907. The molecule has 0 atom stereocenters. The van der Waals surface area contributed by atoms with E-state index in [2.05, 4.69) is 30.7 Å². The maximum atomic E-state index is 9.69. The second-order valence-electron chi connectivity index (χ2n) is 4.94. The van der Waals surface area contributed by atoms with Gasteiger partial charge < -0.3 is 10.1 Å². The van der Waals surface area contributed by atoms with Crippen LogP contribution in [0.1, 0.15) is 46.1 Å². The van der Waals surface area contributed by atoms with E-state index in [4.69, 9.17) is 0 Å². The zero-order valence-corrected chi connectivity index (χ0v) is 8.97. The maximum Gasteiger partial charge on any atom is 0.111 e. The highest BCUT2D eigenvalue weighted by Gasteiger charge is 2.23. The number of aliphatic hydroxyl groups is 1. The fraction of sp³-hybridized carbons (Fsp3) is 0.700. The Bertz CT molecular complexity index is 260. The lowest BCUT2D eigenvalue weighted by molar-refractivity contribution is 0.0741. The maximum absolute atomic E-state index is 9.69. The molecule has 1 aromatic rings. The van der Waals surface area contributed by atoms with Crippen molar-refractivity contribution in [1.29, 1.82) is 0 Å². The number of nitrogens with zero attached hydrogens (tertiary/aromatic N) is 1. The number of nitrogens with one attached hydrogen (secondary N) is 1. The zero-order valence-electron chi connectivity index (χ0n) is 8.97. The lowest BCUT2D eigenvalue weighted by atomic mass is 9.96. The van der Waals surface area contributed by atoms with E-state index in [1.807, 2.05) is 0 Å². The zero-order chi connectivity index (χ0) is 10.3. The van der Waals surface area contributed by atoms with E-state index in [1.54, 1.807) is 20.0 Å². The van der Waals surface area contributed by atoms with Crippen LogP contribution in [0.3, 0.4) is 0 Å². The van der Waals surface area contributed by atoms with Gasteiger partial charge in [-0.3, -0.25) is 0 Å². The van der Waals surface area contributed by atoms with Crippen LogP contribution in [0.25, 0.3) is 0 Å². The van der Waals surface area contributed by atoms with E-state index >= 15 is 0 Å². The normalized spacial score (nSPS) is 13.4. The first-order valence-corrected chi connectivity index (χ1v) is 4.50. The largest absolute Gasteiger partial charge is 0.384 e. The molecule has 0 aliphatic heterocycles. The molecule has 0 saturated carbocycles. The van der Waals surface area contributed by atoms with Gasteiger partial charge in [0.2, 0.25) is 0 Å². The van der Waals surface area contributed by atoms with Crippen LogP contribution >= 0.6 is 0 Å². The summed E-state index contributed by atoms with van der Waals surface area (Å²) < 4.78 is 0. The Labute approximate surface area is 79.2 Å². The average molecular weight is 182 g/mol. The highest BCUT2D eigenvalue weighted by atomic mass is 16.3. The molecule has 0 fully saturated rings. The van der Waals surface area contributed by atoms with Gasteiger partial charge in [0.25, 0.3) is 0 Å². The monoisotopic (exact) mass is 182 g/mol. The van der Waals surface area contributed by atoms with Gasteiger partial charge in [-0.2, -0.15) is 0 Å². The molecule has 1 aromatic heterocycles. The highest BCUT2D eigenvalue weighted by molar-refractivity contribution is 5.13. The summed E-state index contributed by atoms with van der Waals surface area (Å²) in [5, 5.41) is 9.69. The highest BCUT2D eigenvalue weighted by Crippen LogP contribution is 2.23. The quantitative estimate of drug-likeness (QED) is 0.697. The summed E-state index contributed by atoms with van der Waals surface area (Å²) in [6, 6.07) is 0. The van der Waals surface area contributed by atoms with E-state index in [9.17, 15) is 5.11 Å². The number of rotatable bonds is 1. The van der Waals surface area contributed by atoms with Crippen LogP contribution in [0.4, 0.5) is 0 Å². The van der Waals surface area contributed by atoms with Crippen LogP contribution in [0.5, 0.6) is 0 Å². The Morgan fingerprint density at radius 1 is 1.23 bits per heavy atom. The molecule has 0 bridgehead atoms. The van der Waals surface area contributed by atoms with Crippen LogP contribution in [0, 0.1) is 0 Å². The number of aromatic amines is 1. The molecule has 1 rings (SSSR count).